The van der Waals surface area contributed by atoms with Crippen LogP contribution < -0.4 is 5.32 Å². The molecule has 1 aromatic rings. The van der Waals surface area contributed by atoms with Crippen LogP contribution in [0.5, 0.6) is 0 Å². The van der Waals surface area contributed by atoms with Crippen molar-refractivity contribution in [3.8, 4) is 0 Å². The van der Waals surface area contributed by atoms with Crippen LogP contribution in [0.2, 0.25) is 0 Å². The molecule has 0 unspecified atom stereocenters. The van der Waals surface area contributed by atoms with Gasteiger partial charge in [-0.15, -0.1) is 0 Å². The summed E-state index contributed by atoms with van der Waals surface area (Å²) in [5.41, 5.74) is 0. The Bertz CT molecular complexity index is 230. The summed E-state index contributed by atoms with van der Waals surface area (Å²) < 4.78 is 5.18. The lowest BCUT2D eigenvalue weighted by molar-refractivity contribution is 0.202. The van der Waals surface area contributed by atoms with E-state index in [1.807, 2.05) is 13.0 Å². The number of aliphatic hydroxyl groups excluding tert-OH is 2. The van der Waals surface area contributed by atoms with Crippen LogP contribution in [0.15, 0.2) is 16.5 Å². The number of aryl methyl sites for hydroxylation is 1. The minimum Gasteiger partial charge on any atom is -0.446 e. The van der Waals surface area contributed by atoms with E-state index in [2.05, 4.69) is 5.32 Å². The lowest BCUT2D eigenvalue weighted by Gasteiger charge is -2.11. The lowest BCUT2D eigenvalue weighted by atomic mass is 10.3. The van der Waals surface area contributed by atoms with Crippen LogP contribution in [-0.2, 0) is 0 Å². The second kappa shape index (κ2) is 4.13. The summed E-state index contributed by atoms with van der Waals surface area (Å²) in [4.78, 5) is 0. The Hall–Kier alpha value is -1.00. The minimum atomic E-state index is -0.351. The Kier molecular flexibility index (Phi) is 3.13. The van der Waals surface area contributed by atoms with Gasteiger partial charge in [-0.3, -0.25) is 0 Å². The van der Waals surface area contributed by atoms with Crippen molar-refractivity contribution in [1.29, 1.82) is 0 Å². The molecule has 1 aromatic heterocycles. The molecule has 1 rings (SSSR count). The maximum absolute atomic E-state index is 8.73. The lowest BCUT2D eigenvalue weighted by Crippen LogP contribution is -2.27. The highest BCUT2D eigenvalue weighted by molar-refractivity contribution is 5.33. The molecular weight excluding hydrogens is 158 g/mol. The number of hydrogen-bond acceptors (Lipinski definition) is 4. The van der Waals surface area contributed by atoms with Crippen LogP contribution in [0.1, 0.15) is 5.76 Å². The molecule has 0 aliphatic rings. The zero-order valence-electron chi connectivity index (χ0n) is 6.95. The van der Waals surface area contributed by atoms with Crippen LogP contribution in [0.25, 0.3) is 0 Å². The summed E-state index contributed by atoms with van der Waals surface area (Å²) in [6.45, 7) is 1.60. The molecule has 0 fully saturated rings. The molecule has 0 atom stereocenters. The molecule has 3 N–H and O–H groups in total. The molecular formula is C8H13NO3. The van der Waals surface area contributed by atoms with Gasteiger partial charge in [0.15, 0.2) is 5.88 Å². The van der Waals surface area contributed by atoms with E-state index in [1.165, 1.54) is 0 Å². The van der Waals surface area contributed by atoms with Crippen molar-refractivity contribution < 1.29 is 14.6 Å². The van der Waals surface area contributed by atoms with Gasteiger partial charge in [0.1, 0.15) is 5.76 Å². The van der Waals surface area contributed by atoms with E-state index < -0.39 is 0 Å². The number of rotatable bonds is 4. The molecule has 0 bridgehead atoms. The molecule has 0 saturated heterocycles. The number of nitrogens with one attached hydrogen (secondary N) is 1. The van der Waals surface area contributed by atoms with Gasteiger partial charge >= 0.3 is 0 Å². The molecule has 0 radical (unpaired) electrons. The third-order valence-electron chi connectivity index (χ3n) is 1.53. The monoisotopic (exact) mass is 171 g/mol. The van der Waals surface area contributed by atoms with Gasteiger partial charge in [-0.25, -0.2) is 0 Å². The molecule has 4 heteroatoms. The van der Waals surface area contributed by atoms with Crippen LogP contribution in [0, 0.1) is 6.92 Å². The van der Waals surface area contributed by atoms with Crippen molar-refractivity contribution in [2.45, 2.75) is 13.0 Å². The average Bonchev–Trinajstić information content (AvgIpc) is 2.47. The number of anilines is 1. The van der Waals surface area contributed by atoms with E-state index in [9.17, 15) is 0 Å². The number of aliphatic hydroxyl groups is 2. The minimum absolute atomic E-state index is 0.115. The van der Waals surface area contributed by atoms with E-state index in [-0.39, 0.29) is 19.3 Å². The maximum Gasteiger partial charge on any atom is 0.193 e. The van der Waals surface area contributed by atoms with E-state index >= 15 is 0 Å². The highest BCUT2D eigenvalue weighted by Crippen LogP contribution is 2.12. The van der Waals surface area contributed by atoms with Gasteiger partial charge in [-0.1, -0.05) is 0 Å². The summed E-state index contributed by atoms with van der Waals surface area (Å²) in [5.74, 6) is 1.37. The van der Waals surface area contributed by atoms with Gasteiger partial charge in [0.2, 0.25) is 0 Å². The number of furan rings is 1. The third kappa shape index (κ3) is 2.25. The predicted octanol–water partition coefficient (Wildman–Crippen LogP) is 0.353. The first kappa shape index (κ1) is 9.09. The van der Waals surface area contributed by atoms with Crippen molar-refractivity contribution in [3.05, 3.63) is 17.9 Å². The summed E-state index contributed by atoms with van der Waals surface area (Å²) in [7, 11) is 0. The molecule has 0 saturated carbocycles. The van der Waals surface area contributed by atoms with Crippen molar-refractivity contribution in [3.63, 3.8) is 0 Å². The van der Waals surface area contributed by atoms with Crippen molar-refractivity contribution in [1.82, 2.24) is 0 Å². The molecule has 0 aliphatic carbocycles. The first-order valence-electron chi connectivity index (χ1n) is 3.81. The fraction of sp³-hybridized carbons (Fsp3) is 0.500. The molecule has 0 spiro atoms. The largest absolute Gasteiger partial charge is 0.446 e. The Morgan fingerprint density at radius 1 is 1.42 bits per heavy atom. The molecule has 0 amide bonds. The maximum atomic E-state index is 8.73. The molecule has 0 aromatic carbocycles. The molecule has 68 valence electrons. The second-order valence-corrected chi connectivity index (χ2v) is 2.62. The zero-order valence-corrected chi connectivity index (χ0v) is 6.95. The molecule has 0 aliphatic heterocycles. The normalized spacial score (nSPS) is 10.7. The van der Waals surface area contributed by atoms with Crippen LogP contribution in [-0.4, -0.2) is 29.5 Å². The summed E-state index contributed by atoms with van der Waals surface area (Å²) in [6.07, 6.45) is 0. The van der Waals surface area contributed by atoms with Gasteiger partial charge < -0.3 is 19.9 Å². The molecule has 12 heavy (non-hydrogen) atoms. The molecule has 4 nitrogen and oxygen atoms in total. The van der Waals surface area contributed by atoms with Crippen LogP contribution in [0.3, 0.4) is 0 Å². The Morgan fingerprint density at radius 3 is 2.50 bits per heavy atom. The fourth-order valence-electron chi connectivity index (χ4n) is 0.862. The topological polar surface area (TPSA) is 65.6 Å². The van der Waals surface area contributed by atoms with Crippen molar-refractivity contribution >= 4 is 5.88 Å². The Morgan fingerprint density at radius 2 is 2.08 bits per heavy atom. The van der Waals surface area contributed by atoms with Crippen molar-refractivity contribution in [2.24, 2.45) is 0 Å². The highest BCUT2D eigenvalue weighted by Gasteiger charge is 2.06. The summed E-state index contributed by atoms with van der Waals surface area (Å²) in [6, 6.07) is 3.22. The Balaban J connectivity index is 2.50. The van der Waals surface area contributed by atoms with Crippen molar-refractivity contribution in [2.75, 3.05) is 18.5 Å². The second-order valence-electron chi connectivity index (χ2n) is 2.62. The number of hydrogen-bond donors (Lipinski definition) is 3. The van der Waals surface area contributed by atoms with E-state index in [0.29, 0.717) is 5.88 Å². The summed E-state index contributed by atoms with van der Waals surface area (Å²) in [5, 5.41) is 20.3. The van der Waals surface area contributed by atoms with Gasteiger partial charge in [0.25, 0.3) is 0 Å². The van der Waals surface area contributed by atoms with Crippen LogP contribution >= 0.6 is 0 Å². The van der Waals surface area contributed by atoms with E-state index in [0.717, 1.165) is 5.76 Å². The van der Waals surface area contributed by atoms with Gasteiger partial charge in [-0.05, 0) is 13.0 Å². The quantitative estimate of drug-likeness (QED) is 0.611. The first-order valence-corrected chi connectivity index (χ1v) is 3.81. The first-order chi connectivity index (χ1) is 5.76. The Labute approximate surface area is 70.8 Å². The van der Waals surface area contributed by atoms with E-state index in [1.54, 1.807) is 6.07 Å². The third-order valence-corrected chi connectivity index (χ3v) is 1.53. The average molecular weight is 171 g/mol. The van der Waals surface area contributed by atoms with Crippen LogP contribution in [0.4, 0.5) is 5.88 Å². The highest BCUT2D eigenvalue weighted by atomic mass is 16.4. The standard InChI is InChI=1S/C8H13NO3/c1-6-2-3-8(12-6)9-7(4-10)5-11/h2-3,7,9-11H,4-5H2,1H3. The molecule has 1 heterocycles. The summed E-state index contributed by atoms with van der Waals surface area (Å²) >= 11 is 0. The SMILES string of the molecule is Cc1ccc(NC(CO)CO)o1. The predicted molar refractivity (Wildman–Crippen MR) is 45.0 cm³/mol. The van der Waals surface area contributed by atoms with E-state index in [4.69, 9.17) is 14.6 Å². The van der Waals surface area contributed by atoms with Gasteiger partial charge in [0.05, 0.1) is 19.3 Å². The van der Waals surface area contributed by atoms with Gasteiger partial charge in [-0.2, -0.15) is 0 Å². The smallest absolute Gasteiger partial charge is 0.193 e. The zero-order chi connectivity index (χ0) is 8.97. The van der Waals surface area contributed by atoms with Gasteiger partial charge in [0, 0.05) is 6.07 Å². The fourth-order valence-corrected chi connectivity index (χ4v) is 0.862.